The fourth-order valence-electron chi connectivity index (χ4n) is 4.47. The van der Waals surface area contributed by atoms with Crippen molar-refractivity contribution in [2.75, 3.05) is 31.6 Å². The van der Waals surface area contributed by atoms with Crippen LogP contribution in [0.4, 0.5) is 14.9 Å². The van der Waals surface area contributed by atoms with E-state index >= 15 is 4.39 Å². The number of nitrogens with one attached hydrogen (secondary N) is 2. The molecule has 2 aromatic carbocycles. The summed E-state index contributed by atoms with van der Waals surface area (Å²) in [5.41, 5.74) is 1.36. The number of hydrogen-bond acceptors (Lipinski definition) is 4. The zero-order valence-corrected chi connectivity index (χ0v) is 19.3. The van der Waals surface area contributed by atoms with Gasteiger partial charge in [0.15, 0.2) is 0 Å². The Kier molecular flexibility index (Phi) is 7.13. The molecule has 2 N–H and O–H groups in total. The van der Waals surface area contributed by atoms with Gasteiger partial charge in [-0.3, -0.25) is 4.79 Å². The van der Waals surface area contributed by atoms with Crippen LogP contribution in [0.15, 0.2) is 42.5 Å². The molecule has 3 amide bonds. The molecule has 0 aliphatic carbocycles. The number of anilines is 1. The lowest BCUT2D eigenvalue weighted by Crippen LogP contribution is -2.43. The molecular formula is C26H29FN4O3. The summed E-state index contributed by atoms with van der Waals surface area (Å²) in [6.45, 7) is 3.65. The first kappa shape index (κ1) is 23.7. The Morgan fingerprint density at radius 2 is 1.91 bits per heavy atom. The lowest BCUT2D eigenvalue weighted by atomic mass is 9.85. The van der Waals surface area contributed by atoms with Gasteiger partial charge in [0, 0.05) is 43.8 Å². The van der Waals surface area contributed by atoms with Gasteiger partial charge in [-0.15, -0.1) is 0 Å². The number of halogens is 1. The van der Waals surface area contributed by atoms with Gasteiger partial charge in [-0.25, -0.2) is 9.18 Å². The number of carbonyl (C=O) groups excluding carboxylic acids is 2. The minimum Gasteiger partial charge on any atom is -0.379 e. The molecule has 2 aliphatic rings. The highest BCUT2D eigenvalue weighted by atomic mass is 19.1. The van der Waals surface area contributed by atoms with Gasteiger partial charge < -0.3 is 20.3 Å². The molecule has 0 spiro atoms. The maximum Gasteiger partial charge on any atom is 0.319 e. The van der Waals surface area contributed by atoms with E-state index in [4.69, 9.17) is 10.00 Å². The number of ether oxygens (including phenoxy) is 1. The summed E-state index contributed by atoms with van der Waals surface area (Å²) < 4.78 is 20.9. The van der Waals surface area contributed by atoms with Crippen LogP contribution in [0.1, 0.15) is 52.7 Å². The highest BCUT2D eigenvalue weighted by Crippen LogP contribution is 2.37. The summed E-state index contributed by atoms with van der Waals surface area (Å²) in [5.74, 6) is -0.189. The highest BCUT2D eigenvalue weighted by molar-refractivity contribution is 5.97. The van der Waals surface area contributed by atoms with E-state index in [9.17, 15) is 9.59 Å². The lowest BCUT2D eigenvalue weighted by Gasteiger charge is -2.37. The van der Waals surface area contributed by atoms with Crippen molar-refractivity contribution in [1.29, 1.82) is 5.26 Å². The molecule has 2 fully saturated rings. The molecule has 0 aromatic heterocycles. The second-order valence-corrected chi connectivity index (χ2v) is 8.99. The molecule has 0 saturated carbocycles. The molecule has 2 saturated heterocycles. The number of piperidine rings is 1. The minimum atomic E-state index is -1.52. The third-order valence-electron chi connectivity index (χ3n) is 6.60. The van der Waals surface area contributed by atoms with Crippen LogP contribution in [0.2, 0.25) is 0 Å². The SMILES string of the molecule is Cc1ccc(C(=O)N2CCC(F)(c3ccc(C#N)cc3)CC2)cc1NC(=O)N[C@H]1CCCOC1. The van der Waals surface area contributed by atoms with Crippen molar-refractivity contribution in [3.63, 3.8) is 0 Å². The molecule has 4 rings (SSSR count). The van der Waals surface area contributed by atoms with E-state index in [1.165, 1.54) is 0 Å². The molecule has 2 aromatic rings. The highest BCUT2D eigenvalue weighted by Gasteiger charge is 2.37. The monoisotopic (exact) mass is 464 g/mol. The summed E-state index contributed by atoms with van der Waals surface area (Å²) in [6, 6.07) is 13.4. The first-order valence-electron chi connectivity index (χ1n) is 11.6. The van der Waals surface area contributed by atoms with Gasteiger partial charge >= 0.3 is 6.03 Å². The molecule has 8 heteroatoms. The summed E-state index contributed by atoms with van der Waals surface area (Å²) in [7, 11) is 0. The van der Waals surface area contributed by atoms with Gasteiger partial charge in [-0.1, -0.05) is 18.2 Å². The van der Waals surface area contributed by atoms with Crippen LogP contribution in [-0.4, -0.2) is 49.2 Å². The quantitative estimate of drug-likeness (QED) is 0.707. The van der Waals surface area contributed by atoms with Gasteiger partial charge in [0.1, 0.15) is 5.67 Å². The van der Waals surface area contributed by atoms with E-state index in [0.717, 1.165) is 25.0 Å². The average molecular weight is 465 g/mol. The van der Waals surface area contributed by atoms with Crippen molar-refractivity contribution >= 4 is 17.6 Å². The number of alkyl halides is 1. The number of amides is 3. The van der Waals surface area contributed by atoms with Crippen molar-refractivity contribution in [1.82, 2.24) is 10.2 Å². The Balaban J connectivity index is 1.38. The molecule has 0 unspecified atom stereocenters. The van der Waals surface area contributed by atoms with E-state index in [2.05, 4.69) is 10.6 Å². The molecule has 2 aliphatic heterocycles. The Bertz CT molecular complexity index is 1080. The van der Waals surface area contributed by atoms with Crippen LogP contribution in [0.5, 0.6) is 0 Å². The minimum absolute atomic E-state index is 0.0238. The van der Waals surface area contributed by atoms with Gasteiger partial charge in [0.2, 0.25) is 0 Å². The third-order valence-corrected chi connectivity index (χ3v) is 6.60. The van der Waals surface area contributed by atoms with E-state index in [-0.39, 0.29) is 43.9 Å². The molecule has 0 radical (unpaired) electrons. The van der Waals surface area contributed by atoms with Crippen LogP contribution >= 0.6 is 0 Å². The number of rotatable bonds is 4. The predicted octanol–water partition coefficient (Wildman–Crippen LogP) is 4.27. The predicted molar refractivity (Wildman–Crippen MR) is 126 cm³/mol. The van der Waals surface area contributed by atoms with E-state index < -0.39 is 5.67 Å². The summed E-state index contributed by atoms with van der Waals surface area (Å²) >= 11 is 0. The number of nitriles is 1. The van der Waals surface area contributed by atoms with Crippen LogP contribution in [0, 0.1) is 18.3 Å². The fourth-order valence-corrected chi connectivity index (χ4v) is 4.47. The normalized spacial score (nSPS) is 19.7. The average Bonchev–Trinajstić information content (AvgIpc) is 2.86. The fraction of sp³-hybridized carbons (Fsp3) is 0.423. The Labute approximate surface area is 198 Å². The number of urea groups is 1. The number of nitrogens with zero attached hydrogens (tertiary/aromatic N) is 2. The molecule has 0 bridgehead atoms. The largest absolute Gasteiger partial charge is 0.379 e. The van der Waals surface area contributed by atoms with Crippen LogP contribution in [0.25, 0.3) is 0 Å². The Hall–Kier alpha value is -3.44. The van der Waals surface area contributed by atoms with Gasteiger partial charge in [0.05, 0.1) is 24.3 Å². The maximum absolute atomic E-state index is 15.5. The second kappa shape index (κ2) is 10.2. The lowest BCUT2D eigenvalue weighted by molar-refractivity contribution is 0.0421. The smallest absolute Gasteiger partial charge is 0.319 e. The topological polar surface area (TPSA) is 94.5 Å². The summed E-state index contributed by atoms with van der Waals surface area (Å²) in [5, 5.41) is 14.7. The Morgan fingerprint density at radius 3 is 2.56 bits per heavy atom. The van der Waals surface area contributed by atoms with E-state index in [1.54, 1.807) is 47.4 Å². The van der Waals surface area contributed by atoms with Crippen molar-refractivity contribution in [2.45, 2.75) is 44.3 Å². The number of benzene rings is 2. The van der Waals surface area contributed by atoms with Crippen molar-refractivity contribution in [3.8, 4) is 6.07 Å². The number of hydrogen-bond donors (Lipinski definition) is 2. The second-order valence-electron chi connectivity index (χ2n) is 8.99. The van der Waals surface area contributed by atoms with Crippen LogP contribution < -0.4 is 10.6 Å². The van der Waals surface area contributed by atoms with E-state index in [0.29, 0.717) is 29.0 Å². The molecule has 7 nitrogen and oxygen atoms in total. The molecule has 34 heavy (non-hydrogen) atoms. The summed E-state index contributed by atoms with van der Waals surface area (Å²) in [6.07, 6.45) is 2.16. The van der Waals surface area contributed by atoms with Crippen molar-refractivity contribution in [3.05, 3.63) is 64.7 Å². The van der Waals surface area contributed by atoms with Crippen LogP contribution in [-0.2, 0) is 10.4 Å². The Morgan fingerprint density at radius 1 is 1.18 bits per heavy atom. The number of carbonyl (C=O) groups is 2. The number of aryl methyl sites for hydroxylation is 1. The van der Waals surface area contributed by atoms with Crippen molar-refractivity contribution < 1.29 is 18.7 Å². The van der Waals surface area contributed by atoms with E-state index in [1.807, 2.05) is 13.0 Å². The van der Waals surface area contributed by atoms with Gasteiger partial charge in [-0.2, -0.15) is 5.26 Å². The zero-order chi connectivity index (χ0) is 24.1. The number of likely N-dealkylation sites (tertiary alicyclic amines) is 1. The maximum atomic E-state index is 15.5. The molecular weight excluding hydrogens is 435 g/mol. The first-order chi connectivity index (χ1) is 16.4. The molecule has 1 atom stereocenters. The zero-order valence-electron chi connectivity index (χ0n) is 19.3. The third kappa shape index (κ3) is 5.37. The first-order valence-corrected chi connectivity index (χ1v) is 11.6. The van der Waals surface area contributed by atoms with Crippen molar-refractivity contribution in [2.24, 2.45) is 0 Å². The molecule has 178 valence electrons. The van der Waals surface area contributed by atoms with Gasteiger partial charge in [0.25, 0.3) is 5.91 Å². The van der Waals surface area contributed by atoms with Gasteiger partial charge in [-0.05, 0) is 55.2 Å². The summed E-state index contributed by atoms with van der Waals surface area (Å²) in [4.78, 5) is 27.2. The molecule has 2 heterocycles. The standard InChI is InChI=1S/C26H29FN4O3/c1-18-4-7-20(15-23(18)30-25(33)29-22-3-2-14-34-17-22)24(32)31-12-10-26(27,11-13-31)21-8-5-19(16-28)6-9-21/h4-9,15,22H,2-3,10-14,17H2,1H3,(H2,29,30,33)/t22-/m0/s1. The van der Waals surface area contributed by atoms with Crippen LogP contribution in [0.3, 0.4) is 0 Å².